The van der Waals surface area contributed by atoms with E-state index >= 15 is 0 Å². The van der Waals surface area contributed by atoms with Crippen molar-refractivity contribution in [2.75, 3.05) is 33.7 Å². The zero-order valence-electron chi connectivity index (χ0n) is 11.0. The van der Waals surface area contributed by atoms with Gasteiger partial charge in [-0.2, -0.15) is 0 Å². The topological polar surface area (TPSA) is 42.9 Å². The predicted molar refractivity (Wildman–Crippen MR) is 73.8 cm³/mol. The Morgan fingerprint density at radius 2 is 2.12 bits per heavy atom. The molecule has 1 N–H and O–H groups in total. The van der Waals surface area contributed by atoms with Crippen molar-refractivity contribution in [2.45, 2.75) is 25.4 Å². The normalized spacial score (nSPS) is 20.2. The average molecular weight is 258 g/mol. The Morgan fingerprint density at radius 1 is 1.47 bits per heavy atom. The number of nitrogens with zero attached hydrogens (tertiary/aromatic N) is 1. The molecule has 0 aromatic carbocycles. The van der Waals surface area contributed by atoms with E-state index in [0.29, 0.717) is 19.3 Å². The van der Waals surface area contributed by atoms with Gasteiger partial charge in [-0.15, -0.1) is 11.8 Å². The molecule has 0 aliphatic carbocycles. The summed E-state index contributed by atoms with van der Waals surface area (Å²) in [5, 5.41) is 4.55. The lowest BCUT2D eigenvalue weighted by Gasteiger charge is -2.24. The standard InChI is InChI=1S/C12H22N2O2S/c1-9-5-10(6-12(13-9)17-4)14-11(7-15-2)8-16-3/h6,9,11,14H,5,7-8H2,1-4H3. The minimum absolute atomic E-state index is 0.199. The van der Waals surface area contributed by atoms with Crippen molar-refractivity contribution < 1.29 is 9.47 Å². The molecule has 1 heterocycles. The molecule has 0 aromatic heterocycles. The fourth-order valence-corrected chi connectivity index (χ4v) is 2.38. The Morgan fingerprint density at radius 3 is 2.65 bits per heavy atom. The molecule has 0 saturated heterocycles. The highest BCUT2D eigenvalue weighted by molar-refractivity contribution is 8.13. The molecular weight excluding hydrogens is 236 g/mol. The van der Waals surface area contributed by atoms with Crippen LogP contribution in [0.25, 0.3) is 0 Å². The monoisotopic (exact) mass is 258 g/mol. The quantitative estimate of drug-likeness (QED) is 0.787. The van der Waals surface area contributed by atoms with Crippen LogP contribution < -0.4 is 5.32 Å². The van der Waals surface area contributed by atoms with Crippen LogP contribution in [0.15, 0.2) is 16.8 Å². The van der Waals surface area contributed by atoms with Gasteiger partial charge in [0, 0.05) is 26.3 Å². The minimum atomic E-state index is 0.199. The van der Waals surface area contributed by atoms with Gasteiger partial charge in [0.2, 0.25) is 0 Å². The van der Waals surface area contributed by atoms with E-state index in [4.69, 9.17) is 9.47 Å². The molecule has 17 heavy (non-hydrogen) atoms. The Bertz CT molecular complexity index is 286. The smallest absolute Gasteiger partial charge is 0.0922 e. The zero-order chi connectivity index (χ0) is 12.7. The SMILES string of the molecule is COCC(COC)NC1=CC(SC)=NC(C)C1. The van der Waals surface area contributed by atoms with Crippen LogP contribution in [0.3, 0.4) is 0 Å². The number of ether oxygens (including phenoxy) is 2. The Balaban J connectivity index is 2.59. The molecule has 1 atom stereocenters. The van der Waals surface area contributed by atoms with E-state index in [9.17, 15) is 0 Å². The summed E-state index contributed by atoms with van der Waals surface area (Å²) in [5.74, 6) is 0. The first kappa shape index (κ1) is 14.5. The first-order valence-electron chi connectivity index (χ1n) is 5.76. The summed E-state index contributed by atoms with van der Waals surface area (Å²) in [6.07, 6.45) is 5.11. The second kappa shape index (κ2) is 7.74. The van der Waals surface area contributed by atoms with Gasteiger partial charge in [0.05, 0.1) is 30.3 Å². The molecular formula is C12H22N2O2S. The van der Waals surface area contributed by atoms with Crippen molar-refractivity contribution >= 4 is 16.8 Å². The third-order valence-corrected chi connectivity index (χ3v) is 3.14. The summed E-state index contributed by atoms with van der Waals surface area (Å²) in [4.78, 5) is 4.55. The molecule has 1 aliphatic heterocycles. The maximum absolute atomic E-state index is 5.17. The van der Waals surface area contributed by atoms with E-state index in [0.717, 1.165) is 11.5 Å². The molecule has 0 amide bonds. The van der Waals surface area contributed by atoms with Gasteiger partial charge in [0.1, 0.15) is 0 Å². The third kappa shape index (κ3) is 5.10. The van der Waals surface area contributed by atoms with Crippen molar-refractivity contribution in [1.82, 2.24) is 5.32 Å². The molecule has 0 fully saturated rings. The van der Waals surface area contributed by atoms with E-state index in [1.165, 1.54) is 5.70 Å². The lowest BCUT2D eigenvalue weighted by Crippen LogP contribution is -2.38. The highest BCUT2D eigenvalue weighted by atomic mass is 32.2. The number of thioether (sulfide) groups is 1. The fourth-order valence-electron chi connectivity index (χ4n) is 1.83. The van der Waals surface area contributed by atoms with Gasteiger partial charge in [-0.1, -0.05) is 0 Å². The average Bonchev–Trinajstić information content (AvgIpc) is 2.29. The van der Waals surface area contributed by atoms with Gasteiger partial charge < -0.3 is 14.8 Å². The highest BCUT2D eigenvalue weighted by Crippen LogP contribution is 2.17. The van der Waals surface area contributed by atoms with E-state index < -0.39 is 0 Å². The van der Waals surface area contributed by atoms with Crippen LogP contribution in [-0.2, 0) is 9.47 Å². The van der Waals surface area contributed by atoms with Crippen LogP contribution in [0.1, 0.15) is 13.3 Å². The van der Waals surface area contributed by atoms with Crippen molar-refractivity contribution in [1.29, 1.82) is 0 Å². The third-order valence-electron chi connectivity index (χ3n) is 2.50. The summed E-state index contributed by atoms with van der Waals surface area (Å²) < 4.78 is 10.3. The van der Waals surface area contributed by atoms with Crippen molar-refractivity contribution in [3.8, 4) is 0 Å². The van der Waals surface area contributed by atoms with Crippen LogP contribution in [0.2, 0.25) is 0 Å². The molecule has 0 spiro atoms. The first-order chi connectivity index (χ1) is 8.19. The van der Waals surface area contributed by atoms with Gasteiger partial charge in [-0.05, 0) is 19.3 Å². The number of nitrogens with one attached hydrogen (secondary N) is 1. The molecule has 98 valence electrons. The fraction of sp³-hybridized carbons (Fsp3) is 0.750. The summed E-state index contributed by atoms with van der Waals surface area (Å²) in [5.41, 5.74) is 1.22. The number of hydrogen-bond donors (Lipinski definition) is 1. The Kier molecular flexibility index (Phi) is 6.62. The van der Waals surface area contributed by atoms with E-state index in [2.05, 4.69) is 23.3 Å². The maximum atomic E-state index is 5.17. The summed E-state index contributed by atoms with van der Waals surface area (Å²) in [6, 6.07) is 0.542. The van der Waals surface area contributed by atoms with E-state index in [-0.39, 0.29) is 6.04 Å². The van der Waals surface area contributed by atoms with Crippen LogP contribution in [0.5, 0.6) is 0 Å². The second-order valence-corrected chi connectivity index (χ2v) is 4.97. The molecule has 1 aliphatic rings. The lowest BCUT2D eigenvalue weighted by atomic mass is 10.1. The molecule has 0 bridgehead atoms. The van der Waals surface area contributed by atoms with E-state index in [1.54, 1.807) is 26.0 Å². The molecule has 0 radical (unpaired) electrons. The highest BCUT2D eigenvalue weighted by Gasteiger charge is 2.16. The van der Waals surface area contributed by atoms with Crippen LogP contribution in [0.4, 0.5) is 0 Å². The van der Waals surface area contributed by atoms with Gasteiger partial charge in [0.15, 0.2) is 0 Å². The van der Waals surface area contributed by atoms with Crippen molar-refractivity contribution in [2.24, 2.45) is 4.99 Å². The Hall–Kier alpha value is -0.520. The number of dihydropyridines is 1. The van der Waals surface area contributed by atoms with Gasteiger partial charge in [-0.3, -0.25) is 4.99 Å². The van der Waals surface area contributed by atoms with Crippen LogP contribution in [-0.4, -0.2) is 50.8 Å². The number of hydrogen-bond acceptors (Lipinski definition) is 5. The maximum Gasteiger partial charge on any atom is 0.0922 e. The minimum Gasteiger partial charge on any atom is -0.382 e. The summed E-state index contributed by atoms with van der Waals surface area (Å²) in [7, 11) is 3.41. The molecule has 0 saturated carbocycles. The predicted octanol–water partition coefficient (Wildman–Crippen LogP) is 1.67. The number of methoxy groups -OCH3 is 2. The van der Waals surface area contributed by atoms with Gasteiger partial charge in [0.25, 0.3) is 0 Å². The number of aliphatic imine (C=N–C) groups is 1. The summed E-state index contributed by atoms with van der Waals surface area (Å²) in [6.45, 7) is 3.42. The Labute approximate surface area is 108 Å². The largest absolute Gasteiger partial charge is 0.382 e. The molecule has 1 rings (SSSR count). The number of rotatable bonds is 6. The molecule has 1 unspecified atom stereocenters. The molecule has 4 nitrogen and oxygen atoms in total. The second-order valence-electron chi connectivity index (χ2n) is 4.15. The van der Waals surface area contributed by atoms with Crippen LogP contribution >= 0.6 is 11.8 Å². The zero-order valence-corrected chi connectivity index (χ0v) is 11.8. The lowest BCUT2D eigenvalue weighted by molar-refractivity contribution is 0.107. The van der Waals surface area contributed by atoms with Crippen LogP contribution in [0, 0.1) is 0 Å². The van der Waals surface area contributed by atoms with Crippen molar-refractivity contribution in [3.63, 3.8) is 0 Å². The van der Waals surface area contributed by atoms with Gasteiger partial charge in [-0.25, -0.2) is 0 Å². The molecule has 5 heteroatoms. The first-order valence-corrected chi connectivity index (χ1v) is 6.98. The van der Waals surface area contributed by atoms with E-state index in [1.807, 2.05) is 6.26 Å². The summed E-state index contributed by atoms with van der Waals surface area (Å²) >= 11 is 1.68. The molecule has 0 aromatic rings. The van der Waals surface area contributed by atoms with Gasteiger partial charge >= 0.3 is 0 Å². The van der Waals surface area contributed by atoms with Crippen molar-refractivity contribution in [3.05, 3.63) is 11.8 Å².